The van der Waals surface area contributed by atoms with Gasteiger partial charge in [0, 0.05) is 17.8 Å². The summed E-state index contributed by atoms with van der Waals surface area (Å²) >= 11 is 0. The molecular formula is C20H17F4N5O. The Morgan fingerprint density at radius 1 is 1.17 bits per heavy atom. The van der Waals surface area contributed by atoms with Crippen molar-refractivity contribution in [2.24, 2.45) is 0 Å². The number of anilines is 1. The van der Waals surface area contributed by atoms with Crippen LogP contribution >= 0.6 is 0 Å². The first-order valence-electron chi connectivity index (χ1n) is 9.24. The van der Waals surface area contributed by atoms with Crippen LogP contribution in [0.1, 0.15) is 30.3 Å². The first-order chi connectivity index (χ1) is 14.3. The van der Waals surface area contributed by atoms with Crippen LogP contribution in [0.4, 0.5) is 28.0 Å². The standard InChI is InChI=1S/C20H17F4N5O/c21-14-8-6-12(7-9-14)17-26-18(28-27-17)16-5-2-10-29(16)19(30)25-15-4-1-3-13(11-15)20(22,23)24/h1,3-4,6-9,11,16H,2,5,10H2,(H,25,30)(H,26,27,28)/t16-/m0/s1. The number of nitrogens with one attached hydrogen (secondary N) is 2. The van der Waals surface area contributed by atoms with E-state index in [4.69, 9.17) is 0 Å². The lowest BCUT2D eigenvalue weighted by Crippen LogP contribution is -2.35. The molecule has 0 spiro atoms. The van der Waals surface area contributed by atoms with Crippen LogP contribution in [0.2, 0.25) is 0 Å². The van der Waals surface area contributed by atoms with Gasteiger partial charge >= 0.3 is 12.2 Å². The summed E-state index contributed by atoms with van der Waals surface area (Å²) in [5.74, 6) is 0.462. The van der Waals surface area contributed by atoms with Crippen molar-refractivity contribution >= 4 is 11.7 Å². The van der Waals surface area contributed by atoms with Gasteiger partial charge in [-0.15, -0.1) is 0 Å². The van der Waals surface area contributed by atoms with Crippen LogP contribution in [0.5, 0.6) is 0 Å². The number of nitrogens with zero attached hydrogens (tertiary/aromatic N) is 3. The predicted octanol–water partition coefficient (Wildman–Crippen LogP) is 5.00. The van der Waals surface area contributed by atoms with Crippen LogP contribution in [0.25, 0.3) is 11.4 Å². The van der Waals surface area contributed by atoms with E-state index in [9.17, 15) is 22.4 Å². The van der Waals surface area contributed by atoms with E-state index in [2.05, 4.69) is 20.5 Å². The molecule has 1 aliphatic rings. The van der Waals surface area contributed by atoms with Gasteiger partial charge in [0.15, 0.2) is 5.82 Å². The monoisotopic (exact) mass is 419 g/mol. The summed E-state index contributed by atoms with van der Waals surface area (Å²) < 4.78 is 51.8. The van der Waals surface area contributed by atoms with E-state index >= 15 is 0 Å². The minimum atomic E-state index is -4.49. The second kappa shape index (κ2) is 7.77. The number of carbonyl (C=O) groups excluding carboxylic acids is 1. The summed E-state index contributed by atoms with van der Waals surface area (Å²) in [4.78, 5) is 18.6. The van der Waals surface area contributed by atoms with Crippen molar-refractivity contribution in [2.75, 3.05) is 11.9 Å². The fourth-order valence-electron chi connectivity index (χ4n) is 3.41. The van der Waals surface area contributed by atoms with Crippen molar-refractivity contribution in [1.29, 1.82) is 0 Å². The zero-order valence-electron chi connectivity index (χ0n) is 15.6. The van der Waals surface area contributed by atoms with Gasteiger partial charge in [-0.1, -0.05) is 6.07 Å². The Balaban J connectivity index is 1.50. The second-order valence-corrected chi connectivity index (χ2v) is 6.91. The predicted molar refractivity (Wildman–Crippen MR) is 101 cm³/mol. The van der Waals surface area contributed by atoms with Crippen LogP contribution in [-0.4, -0.2) is 32.7 Å². The summed E-state index contributed by atoms with van der Waals surface area (Å²) in [6.07, 6.45) is -3.14. The van der Waals surface area contributed by atoms with Crippen molar-refractivity contribution in [3.05, 3.63) is 65.7 Å². The van der Waals surface area contributed by atoms with Gasteiger partial charge in [0.2, 0.25) is 0 Å². The van der Waals surface area contributed by atoms with Crippen molar-refractivity contribution in [2.45, 2.75) is 25.1 Å². The Bertz CT molecular complexity index is 1050. The molecule has 156 valence electrons. The maximum Gasteiger partial charge on any atom is 0.416 e. The fraction of sp³-hybridized carbons (Fsp3) is 0.250. The van der Waals surface area contributed by atoms with E-state index in [1.807, 2.05) is 0 Å². The molecule has 2 heterocycles. The molecule has 2 aromatic carbocycles. The van der Waals surface area contributed by atoms with Crippen LogP contribution in [0.3, 0.4) is 0 Å². The third-order valence-corrected chi connectivity index (χ3v) is 4.88. The zero-order chi connectivity index (χ0) is 21.3. The lowest BCUT2D eigenvalue weighted by molar-refractivity contribution is -0.137. The number of carbonyl (C=O) groups is 1. The van der Waals surface area contributed by atoms with E-state index in [-0.39, 0.29) is 11.5 Å². The average molecular weight is 419 g/mol. The van der Waals surface area contributed by atoms with Gasteiger partial charge in [0.1, 0.15) is 11.6 Å². The van der Waals surface area contributed by atoms with Gasteiger partial charge in [-0.25, -0.2) is 14.2 Å². The first kappa shape index (κ1) is 19.9. The number of hydrogen-bond donors (Lipinski definition) is 2. The molecule has 3 aromatic rings. The summed E-state index contributed by atoms with van der Waals surface area (Å²) in [5, 5.41) is 9.47. The molecular weight excluding hydrogens is 402 g/mol. The number of likely N-dealkylation sites (tertiary alicyclic amines) is 1. The minimum absolute atomic E-state index is 0.0602. The second-order valence-electron chi connectivity index (χ2n) is 6.91. The first-order valence-corrected chi connectivity index (χ1v) is 9.24. The van der Waals surface area contributed by atoms with E-state index in [1.54, 1.807) is 12.1 Å². The molecule has 1 saturated heterocycles. The van der Waals surface area contributed by atoms with Crippen LogP contribution in [0.15, 0.2) is 48.5 Å². The molecule has 0 radical (unpaired) electrons. The Labute approximate surface area is 168 Å². The fourth-order valence-corrected chi connectivity index (χ4v) is 3.41. The number of hydrogen-bond acceptors (Lipinski definition) is 3. The van der Waals surface area contributed by atoms with Gasteiger partial charge in [-0.2, -0.15) is 18.3 Å². The maximum absolute atomic E-state index is 13.1. The number of aromatic nitrogens is 3. The number of alkyl halides is 3. The average Bonchev–Trinajstić information content (AvgIpc) is 3.37. The summed E-state index contributed by atoms with van der Waals surface area (Å²) in [7, 11) is 0. The van der Waals surface area contributed by atoms with Crippen molar-refractivity contribution < 1.29 is 22.4 Å². The molecule has 0 aliphatic carbocycles. The molecule has 1 atom stereocenters. The molecule has 0 saturated carbocycles. The normalized spacial score (nSPS) is 16.7. The molecule has 1 aliphatic heterocycles. The molecule has 0 unspecified atom stereocenters. The number of urea groups is 1. The summed E-state index contributed by atoms with van der Waals surface area (Å²) in [5.41, 5.74) is -0.153. The molecule has 1 fully saturated rings. The van der Waals surface area contributed by atoms with E-state index in [0.29, 0.717) is 36.6 Å². The topological polar surface area (TPSA) is 73.9 Å². The lowest BCUT2D eigenvalue weighted by atomic mass is 10.2. The van der Waals surface area contributed by atoms with E-state index < -0.39 is 23.8 Å². The number of halogens is 4. The molecule has 1 aromatic heterocycles. The molecule has 10 heteroatoms. The highest BCUT2D eigenvalue weighted by molar-refractivity contribution is 5.89. The number of benzene rings is 2. The highest BCUT2D eigenvalue weighted by Gasteiger charge is 2.34. The van der Waals surface area contributed by atoms with E-state index in [0.717, 1.165) is 12.1 Å². The van der Waals surface area contributed by atoms with Crippen molar-refractivity contribution in [3.63, 3.8) is 0 Å². The zero-order valence-corrected chi connectivity index (χ0v) is 15.6. The third kappa shape index (κ3) is 4.12. The van der Waals surface area contributed by atoms with E-state index in [1.165, 1.54) is 29.2 Å². The molecule has 4 rings (SSSR count). The number of rotatable bonds is 3. The molecule has 2 amide bonds. The molecule has 2 N–H and O–H groups in total. The van der Waals surface area contributed by atoms with Gasteiger partial charge in [-0.05, 0) is 55.3 Å². The summed E-state index contributed by atoms with van der Waals surface area (Å²) in [6, 6.07) is 9.28. The largest absolute Gasteiger partial charge is 0.416 e. The molecule has 0 bridgehead atoms. The Kier molecular flexibility index (Phi) is 5.15. The Morgan fingerprint density at radius 2 is 1.93 bits per heavy atom. The summed E-state index contributed by atoms with van der Waals surface area (Å²) in [6.45, 7) is 0.433. The highest BCUT2D eigenvalue weighted by Crippen LogP contribution is 2.33. The van der Waals surface area contributed by atoms with Crippen molar-refractivity contribution in [1.82, 2.24) is 20.1 Å². The smallest absolute Gasteiger partial charge is 0.314 e. The Morgan fingerprint density at radius 3 is 2.67 bits per heavy atom. The van der Waals surface area contributed by atoms with Gasteiger partial charge in [0.05, 0.1) is 11.6 Å². The number of amides is 2. The van der Waals surface area contributed by atoms with Crippen LogP contribution < -0.4 is 5.32 Å². The van der Waals surface area contributed by atoms with Gasteiger partial charge in [-0.3, -0.25) is 5.10 Å². The van der Waals surface area contributed by atoms with Crippen molar-refractivity contribution in [3.8, 4) is 11.4 Å². The third-order valence-electron chi connectivity index (χ3n) is 4.88. The quantitative estimate of drug-likeness (QED) is 0.587. The number of H-pyrrole nitrogens is 1. The number of aromatic amines is 1. The van der Waals surface area contributed by atoms with Crippen LogP contribution in [0, 0.1) is 5.82 Å². The van der Waals surface area contributed by atoms with Gasteiger partial charge in [0.25, 0.3) is 0 Å². The SMILES string of the molecule is O=C(Nc1cccc(C(F)(F)F)c1)N1CCC[C@H]1c1nc(-c2ccc(F)cc2)n[nH]1. The van der Waals surface area contributed by atoms with Gasteiger partial charge < -0.3 is 10.2 Å². The van der Waals surface area contributed by atoms with Crippen LogP contribution in [-0.2, 0) is 6.18 Å². The molecule has 30 heavy (non-hydrogen) atoms. The highest BCUT2D eigenvalue weighted by atomic mass is 19.4. The lowest BCUT2D eigenvalue weighted by Gasteiger charge is -2.23. The Hall–Kier alpha value is -3.43. The molecule has 6 nitrogen and oxygen atoms in total. The minimum Gasteiger partial charge on any atom is -0.314 e. The maximum atomic E-state index is 13.1.